The summed E-state index contributed by atoms with van der Waals surface area (Å²) in [5, 5.41) is 13.4. The highest BCUT2D eigenvalue weighted by molar-refractivity contribution is 6.74. The average Bonchev–Trinajstić information content (AvgIpc) is 2.97. The summed E-state index contributed by atoms with van der Waals surface area (Å²) in [7, 11) is -2.02. The van der Waals surface area contributed by atoms with E-state index in [1.807, 2.05) is 54.6 Å². The van der Waals surface area contributed by atoms with E-state index in [0.717, 1.165) is 36.5 Å². The largest absolute Gasteiger partial charge is 0.458 e. The molecular formula is C38H62O4Si. The zero-order valence-corrected chi connectivity index (χ0v) is 29.3. The van der Waals surface area contributed by atoms with Crippen LogP contribution in [-0.4, -0.2) is 38.2 Å². The van der Waals surface area contributed by atoms with Gasteiger partial charge in [-0.05, 0) is 60.3 Å². The Kier molecular flexibility index (Phi) is 17.4. The topological polar surface area (TPSA) is 55.8 Å². The number of hydrogen-bond acceptors (Lipinski definition) is 4. The molecule has 0 amide bonds. The molecule has 0 aromatic heterocycles. The van der Waals surface area contributed by atoms with E-state index in [9.17, 15) is 9.90 Å². The Balaban J connectivity index is 1.73. The van der Waals surface area contributed by atoms with Crippen LogP contribution in [-0.2, 0) is 9.16 Å². The van der Waals surface area contributed by atoms with Crippen LogP contribution in [0.5, 0.6) is 0 Å². The van der Waals surface area contributed by atoms with Gasteiger partial charge in [-0.3, -0.25) is 0 Å². The third kappa shape index (κ3) is 14.6. The van der Waals surface area contributed by atoms with Crippen molar-refractivity contribution in [2.45, 2.75) is 154 Å². The maximum Gasteiger partial charge on any atom is 0.338 e. The molecule has 2 rings (SSSR count). The monoisotopic (exact) mass is 610 g/mol. The van der Waals surface area contributed by atoms with Gasteiger partial charge >= 0.3 is 5.97 Å². The Hall–Kier alpha value is -1.95. The molecule has 0 bridgehead atoms. The van der Waals surface area contributed by atoms with Crippen LogP contribution < -0.4 is 0 Å². The number of carbonyl (C=O) groups excluding carboxylic acids is 1. The predicted octanol–water partition coefficient (Wildman–Crippen LogP) is 11.2. The summed E-state index contributed by atoms with van der Waals surface area (Å²) in [4.78, 5) is 12.5. The SMILES string of the molecule is CCCCCCCCCCCCCC[C@@H](O)[C@@H](CC/C=C/COC(=O)c1ccc2ccccc2c1)O[Si](C)(C)C(C)(C)C. The molecule has 0 saturated carbocycles. The number of ether oxygens (including phenoxy) is 1. The molecule has 43 heavy (non-hydrogen) atoms. The van der Waals surface area contributed by atoms with Gasteiger partial charge in [0.2, 0.25) is 0 Å². The molecule has 242 valence electrons. The highest BCUT2D eigenvalue weighted by atomic mass is 28.4. The maximum absolute atomic E-state index is 12.5. The number of esters is 1. The molecule has 0 heterocycles. The third-order valence-electron chi connectivity index (χ3n) is 9.12. The molecule has 0 saturated heterocycles. The lowest BCUT2D eigenvalue weighted by atomic mass is 10.0. The lowest BCUT2D eigenvalue weighted by Gasteiger charge is -2.40. The van der Waals surface area contributed by atoms with E-state index >= 15 is 0 Å². The fraction of sp³-hybridized carbons (Fsp3) is 0.658. The van der Waals surface area contributed by atoms with Crippen LogP contribution in [0.25, 0.3) is 10.8 Å². The number of aliphatic hydroxyl groups is 1. The van der Waals surface area contributed by atoms with E-state index in [1.54, 1.807) is 0 Å². The van der Waals surface area contributed by atoms with Crippen LogP contribution >= 0.6 is 0 Å². The predicted molar refractivity (Wildman–Crippen MR) is 186 cm³/mol. The van der Waals surface area contributed by atoms with Gasteiger partial charge in [0.1, 0.15) is 6.61 Å². The van der Waals surface area contributed by atoms with Gasteiger partial charge in [-0.1, -0.05) is 147 Å². The van der Waals surface area contributed by atoms with Crippen LogP contribution in [0.1, 0.15) is 134 Å². The summed E-state index contributed by atoms with van der Waals surface area (Å²) in [6, 6.07) is 13.6. The average molecular weight is 611 g/mol. The molecule has 0 spiro atoms. The quantitative estimate of drug-likeness (QED) is 0.0623. The molecule has 4 nitrogen and oxygen atoms in total. The van der Waals surface area contributed by atoms with Crippen LogP contribution in [0, 0.1) is 0 Å². The standard InChI is InChI=1S/C38H62O4Si/c1-7-8-9-10-11-12-13-14-15-16-17-19-26-35(39)36(42-43(5,6)38(2,3)4)27-20-18-23-30-41-37(40)34-29-28-32-24-21-22-25-33(32)31-34/h18,21-25,28-29,31,35-36,39H,7-17,19-20,26-27,30H2,1-6H3/b23-18+/t35-,36-/m1/s1. The smallest absolute Gasteiger partial charge is 0.338 e. The molecule has 0 fully saturated rings. The van der Waals surface area contributed by atoms with E-state index in [2.05, 4.69) is 40.8 Å². The zero-order chi connectivity index (χ0) is 31.6. The van der Waals surface area contributed by atoms with Crippen LogP contribution in [0.2, 0.25) is 18.1 Å². The number of carbonyl (C=O) groups is 1. The van der Waals surface area contributed by atoms with E-state index in [0.29, 0.717) is 5.56 Å². The van der Waals surface area contributed by atoms with Crippen molar-refractivity contribution in [2.75, 3.05) is 6.61 Å². The number of fused-ring (bicyclic) bond motifs is 1. The van der Waals surface area contributed by atoms with Crippen LogP contribution in [0.15, 0.2) is 54.6 Å². The molecule has 2 aromatic carbocycles. The minimum absolute atomic E-state index is 0.0910. The van der Waals surface area contributed by atoms with Crippen LogP contribution in [0.4, 0.5) is 0 Å². The fourth-order valence-electron chi connectivity index (χ4n) is 5.24. The van der Waals surface area contributed by atoms with Crippen molar-refractivity contribution in [1.82, 2.24) is 0 Å². The third-order valence-corrected chi connectivity index (χ3v) is 13.6. The van der Waals surface area contributed by atoms with Crippen LogP contribution in [0.3, 0.4) is 0 Å². The second kappa shape index (κ2) is 20.2. The minimum Gasteiger partial charge on any atom is -0.458 e. The highest BCUT2D eigenvalue weighted by Crippen LogP contribution is 2.38. The van der Waals surface area contributed by atoms with Gasteiger partial charge in [-0.15, -0.1) is 0 Å². The van der Waals surface area contributed by atoms with Crippen molar-refractivity contribution < 1.29 is 19.1 Å². The Labute approximate surface area is 264 Å². The van der Waals surface area contributed by atoms with Gasteiger partial charge in [0.05, 0.1) is 17.8 Å². The van der Waals surface area contributed by atoms with Gasteiger partial charge in [0, 0.05) is 0 Å². The molecule has 2 aromatic rings. The molecule has 0 radical (unpaired) electrons. The normalized spacial score (nSPS) is 13.9. The van der Waals surface area contributed by atoms with E-state index in [4.69, 9.17) is 9.16 Å². The van der Waals surface area contributed by atoms with Crippen molar-refractivity contribution >= 4 is 25.1 Å². The van der Waals surface area contributed by atoms with Crippen molar-refractivity contribution in [3.63, 3.8) is 0 Å². The summed E-state index contributed by atoms with van der Waals surface area (Å²) < 4.78 is 12.2. The lowest BCUT2D eigenvalue weighted by molar-refractivity contribution is 0.0167. The number of rotatable bonds is 22. The first-order valence-electron chi connectivity index (χ1n) is 17.2. The Morgan fingerprint density at radius 2 is 1.40 bits per heavy atom. The number of unbranched alkanes of at least 4 members (excludes halogenated alkanes) is 11. The molecule has 5 heteroatoms. The molecule has 0 aliphatic heterocycles. The summed E-state index contributed by atoms with van der Waals surface area (Å²) in [6.45, 7) is 13.8. The van der Waals surface area contributed by atoms with E-state index in [1.165, 1.54) is 70.6 Å². The van der Waals surface area contributed by atoms with Gasteiger partial charge in [-0.2, -0.15) is 0 Å². The summed E-state index contributed by atoms with van der Waals surface area (Å²) in [5.74, 6) is -0.313. The molecule has 2 atom stereocenters. The van der Waals surface area contributed by atoms with Crippen molar-refractivity contribution in [1.29, 1.82) is 0 Å². The van der Waals surface area contributed by atoms with E-state index in [-0.39, 0.29) is 23.7 Å². The fourth-order valence-corrected chi connectivity index (χ4v) is 6.62. The molecular weight excluding hydrogens is 549 g/mol. The zero-order valence-electron chi connectivity index (χ0n) is 28.3. The Bertz CT molecular complexity index is 1070. The minimum atomic E-state index is -2.02. The number of aliphatic hydroxyl groups excluding tert-OH is 1. The molecule has 0 aliphatic carbocycles. The van der Waals surface area contributed by atoms with Gasteiger partial charge < -0.3 is 14.3 Å². The Morgan fingerprint density at radius 3 is 2.00 bits per heavy atom. The Morgan fingerprint density at radius 1 is 0.814 bits per heavy atom. The first-order valence-corrected chi connectivity index (χ1v) is 20.1. The number of allylic oxidation sites excluding steroid dienone is 1. The molecule has 0 aliphatic rings. The second-order valence-corrected chi connectivity index (χ2v) is 18.6. The second-order valence-electron chi connectivity index (χ2n) is 13.9. The summed E-state index contributed by atoms with van der Waals surface area (Å²) in [6.07, 6.45) is 21.5. The number of benzene rings is 2. The first-order chi connectivity index (χ1) is 20.5. The van der Waals surface area contributed by atoms with E-state index < -0.39 is 14.4 Å². The number of hydrogen-bond donors (Lipinski definition) is 1. The van der Waals surface area contributed by atoms with Crippen molar-refractivity contribution in [2.24, 2.45) is 0 Å². The van der Waals surface area contributed by atoms with Gasteiger partial charge in [0.15, 0.2) is 8.32 Å². The summed E-state index contributed by atoms with van der Waals surface area (Å²) >= 11 is 0. The maximum atomic E-state index is 12.5. The van der Waals surface area contributed by atoms with Gasteiger partial charge in [0.25, 0.3) is 0 Å². The molecule has 0 unspecified atom stereocenters. The van der Waals surface area contributed by atoms with Crippen molar-refractivity contribution in [3.8, 4) is 0 Å². The lowest BCUT2D eigenvalue weighted by Crippen LogP contribution is -2.47. The van der Waals surface area contributed by atoms with Crippen molar-refractivity contribution in [3.05, 3.63) is 60.2 Å². The molecule has 1 N–H and O–H groups in total. The summed E-state index contributed by atoms with van der Waals surface area (Å²) in [5.41, 5.74) is 0.566. The first kappa shape index (κ1) is 37.2. The highest BCUT2D eigenvalue weighted by Gasteiger charge is 2.40. The van der Waals surface area contributed by atoms with Gasteiger partial charge in [-0.25, -0.2) is 4.79 Å².